The second-order valence-corrected chi connectivity index (χ2v) is 4.41. The quantitative estimate of drug-likeness (QED) is 0.528. The second-order valence-electron chi connectivity index (χ2n) is 3.37. The number of hydrogen-bond acceptors (Lipinski definition) is 4. The summed E-state index contributed by atoms with van der Waals surface area (Å²) in [6, 6.07) is 5.59. The first-order chi connectivity index (χ1) is 8.12. The minimum absolute atomic E-state index is 0.165. The third kappa shape index (κ3) is 3.76. The molecule has 0 aromatic heterocycles. The number of halogens is 1. The summed E-state index contributed by atoms with van der Waals surface area (Å²) >= 11 is 7.62. The van der Waals surface area contributed by atoms with Crippen molar-refractivity contribution in [2.45, 2.75) is 23.6 Å². The number of carbonyl (C=O) groups excluding carboxylic acids is 1. The maximum atomic E-state index is 11.3. The van der Waals surface area contributed by atoms with Crippen LogP contribution in [0.5, 0.6) is 0 Å². The van der Waals surface area contributed by atoms with Crippen LogP contribution in [0.25, 0.3) is 0 Å². The molecule has 0 fully saturated rings. The zero-order chi connectivity index (χ0) is 12.8. The van der Waals surface area contributed by atoms with E-state index in [1.807, 2.05) is 0 Å². The molecule has 0 radical (unpaired) electrons. The Morgan fingerprint density at radius 2 is 2.29 bits per heavy atom. The summed E-state index contributed by atoms with van der Waals surface area (Å²) in [5, 5.41) is 9.58. The van der Waals surface area contributed by atoms with Gasteiger partial charge in [0.1, 0.15) is 0 Å². The lowest BCUT2D eigenvalue weighted by atomic mass is 10.0. The minimum atomic E-state index is -0.296. The molecule has 0 bridgehead atoms. The van der Waals surface area contributed by atoms with Crippen molar-refractivity contribution in [3.05, 3.63) is 28.8 Å². The van der Waals surface area contributed by atoms with Gasteiger partial charge >= 0.3 is 5.97 Å². The molecule has 0 unspecified atom stereocenters. The van der Waals surface area contributed by atoms with Crippen LogP contribution >= 0.6 is 28.6 Å². The molecule has 0 saturated carbocycles. The van der Waals surface area contributed by atoms with Crippen molar-refractivity contribution >= 4 is 34.5 Å². The second kappa shape index (κ2) is 6.67. The highest BCUT2D eigenvalue weighted by Crippen LogP contribution is 2.23. The normalized spacial score (nSPS) is 9.76. The average molecular weight is 314 g/mol. The number of ether oxygens (including phenoxy) is 1. The Morgan fingerprint density at radius 1 is 1.59 bits per heavy atom. The van der Waals surface area contributed by atoms with Crippen LogP contribution in [0, 0.1) is 11.3 Å². The van der Waals surface area contributed by atoms with Crippen LogP contribution in [0.1, 0.15) is 23.6 Å². The smallest absolute Gasteiger partial charge is 0.310 e. The SMILES string of the molecule is CCOC(=O)Cc1cc(S)c(CBr)c(C#N)c1. The number of alkyl halides is 1. The van der Waals surface area contributed by atoms with E-state index >= 15 is 0 Å². The molecule has 90 valence electrons. The van der Waals surface area contributed by atoms with Crippen molar-refractivity contribution in [1.29, 1.82) is 5.26 Å². The lowest BCUT2D eigenvalue weighted by molar-refractivity contribution is -0.142. The van der Waals surface area contributed by atoms with E-state index in [2.05, 4.69) is 34.6 Å². The van der Waals surface area contributed by atoms with Crippen molar-refractivity contribution in [1.82, 2.24) is 0 Å². The monoisotopic (exact) mass is 313 g/mol. The number of benzene rings is 1. The van der Waals surface area contributed by atoms with Gasteiger partial charge in [0.05, 0.1) is 24.7 Å². The molecular formula is C12H12BrNO2S. The minimum Gasteiger partial charge on any atom is -0.466 e. The van der Waals surface area contributed by atoms with E-state index in [0.717, 1.165) is 11.1 Å². The van der Waals surface area contributed by atoms with Gasteiger partial charge in [-0.05, 0) is 30.2 Å². The molecule has 1 aromatic carbocycles. The van der Waals surface area contributed by atoms with E-state index in [1.165, 1.54) is 0 Å². The average Bonchev–Trinajstić information content (AvgIpc) is 2.28. The number of nitriles is 1. The van der Waals surface area contributed by atoms with Crippen LogP contribution in [0.2, 0.25) is 0 Å². The number of carbonyl (C=O) groups is 1. The first kappa shape index (κ1) is 14.1. The third-order valence-corrected chi connectivity index (χ3v) is 3.15. The van der Waals surface area contributed by atoms with Crippen LogP contribution < -0.4 is 0 Å². The van der Waals surface area contributed by atoms with E-state index < -0.39 is 0 Å². The molecule has 0 aliphatic rings. The van der Waals surface area contributed by atoms with Gasteiger partial charge in [-0.1, -0.05) is 15.9 Å². The number of nitrogens with zero attached hydrogens (tertiary/aromatic N) is 1. The lowest BCUT2D eigenvalue weighted by Crippen LogP contribution is -2.08. The first-order valence-corrected chi connectivity index (χ1v) is 6.65. The Balaban J connectivity index is 3.00. The van der Waals surface area contributed by atoms with Crippen molar-refractivity contribution in [2.24, 2.45) is 0 Å². The molecule has 3 nitrogen and oxygen atoms in total. The number of esters is 1. The summed E-state index contributed by atoms with van der Waals surface area (Å²) in [7, 11) is 0. The zero-order valence-corrected chi connectivity index (χ0v) is 11.8. The highest BCUT2D eigenvalue weighted by Gasteiger charge is 2.10. The molecule has 0 heterocycles. The Bertz CT molecular complexity index is 468. The maximum absolute atomic E-state index is 11.3. The Labute approximate surface area is 114 Å². The van der Waals surface area contributed by atoms with E-state index in [0.29, 0.717) is 22.4 Å². The predicted molar refractivity (Wildman–Crippen MR) is 71.4 cm³/mol. The van der Waals surface area contributed by atoms with Crippen molar-refractivity contribution in [3.8, 4) is 6.07 Å². The zero-order valence-electron chi connectivity index (χ0n) is 9.36. The van der Waals surface area contributed by atoms with Gasteiger partial charge in [0.15, 0.2) is 0 Å². The molecular weight excluding hydrogens is 302 g/mol. The maximum Gasteiger partial charge on any atom is 0.310 e. The predicted octanol–water partition coefficient (Wildman–Crippen LogP) is 2.85. The summed E-state index contributed by atoms with van der Waals surface area (Å²) in [6.07, 6.45) is 0.165. The van der Waals surface area contributed by atoms with E-state index in [4.69, 9.17) is 10.00 Å². The molecule has 1 rings (SSSR count). The van der Waals surface area contributed by atoms with Gasteiger partial charge in [-0.15, -0.1) is 12.6 Å². The van der Waals surface area contributed by atoms with Crippen LogP contribution in [0.3, 0.4) is 0 Å². The highest BCUT2D eigenvalue weighted by atomic mass is 79.9. The third-order valence-electron chi connectivity index (χ3n) is 2.19. The van der Waals surface area contributed by atoms with Gasteiger partial charge in [-0.3, -0.25) is 4.79 Å². The van der Waals surface area contributed by atoms with E-state index in [9.17, 15) is 4.79 Å². The standard InChI is InChI=1S/C12H12BrNO2S/c1-2-16-12(15)5-8-3-9(7-14)10(6-13)11(17)4-8/h3-4,17H,2,5-6H2,1H3. The van der Waals surface area contributed by atoms with Gasteiger partial charge in [0.2, 0.25) is 0 Å². The Morgan fingerprint density at radius 3 is 2.82 bits per heavy atom. The van der Waals surface area contributed by atoms with E-state index in [-0.39, 0.29) is 12.4 Å². The topological polar surface area (TPSA) is 50.1 Å². The molecule has 0 amide bonds. The molecule has 5 heteroatoms. The Kier molecular flexibility index (Phi) is 5.52. The molecule has 0 N–H and O–H groups in total. The van der Waals surface area contributed by atoms with Crippen molar-refractivity contribution in [2.75, 3.05) is 6.61 Å². The summed E-state index contributed by atoms with van der Waals surface area (Å²) in [5.74, 6) is -0.296. The van der Waals surface area contributed by atoms with Crippen LogP contribution in [0.15, 0.2) is 17.0 Å². The van der Waals surface area contributed by atoms with Crippen LogP contribution in [-0.2, 0) is 21.3 Å². The largest absolute Gasteiger partial charge is 0.466 e. The molecule has 0 saturated heterocycles. The molecule has 1 aromatic rings. The Hall–Kier alpha value is -0.990. The molecule has 0 aliphatic carbocycles. The summed E-state index contributed by atoms with van der Waals surface area (Å²) < 4.78 is 4.86. The fourth-order valence-electron chi connectivity index (χ4n) is 1.44. The van der Waals surface area contributed by atoms with Crippen molar-refractivity contribution < 1.29 is 9.53 Å². The fraction of sp³-hybridized carbons (Fsp3) is 0.333. The van der Waals surface area contributed by atoms with Gasteiger partial charge in [0.25, 0.3) is 0 Å². The van der Waals surface area contributed by atoms with Crippen LogP contribution in [0.4, 0.5) is 0 Å². The van der Waals surface area contributed by atoms with E-state index in [1.54, 1.807) is 19.1 Å². The lowest BCUT2D eigenvalue weighted by Gasteiger charge is -2.08. The highest BCUT2D eigenvalue weighted by molar-refractivity contribution is 9.08. The molecule has 0 aliphatic heterocycles. The van der Waals surface area contributed by atoms with Gasteiger partial charge in [0, 0.05) is 10.2 Å². The molecule has 0 spiro atoms. The molecule has 0 atom stereocenters. The number of hydrogen-bond donors (Lipinski definition) is 1. The summed E-state index contributed by atoms with van der Waals surface area (Å²) in [6.45, 7) is 2.12. The van der Waals surface area contributed by atoms with Crippen LogP contribution in [-0.4, -0.2) is 12.6 Å². The molecule has 17 heavy (non-hydrogen) atoms. The number of thiol groups is 1. The summed E-state index contributed by atoms with van der Waals surface area (Å²) in [4.78, 5) is 12.0. The van der Waals surface area contributed by atoms with Crippen molar-refractivity contribution in [3.63, 3.8) is 0 Å². The first-order valence-electron chi connectivity index (χ1n) is 5.08. The fourth-order valence-corrected chi connectivity index (χ4v) is 2.62. The number of rotatable bonds is 4. The van der Waals surface area contributed by atoms with Gasteiger partial charge in [-0.25, -0.2) is 0 Å². The summed E-state index contributed by atoms with van der Waals surface area (Å²) in [5.41, 5.74) is 2.12. The van der Waals surface area contributed by atoms with Gasteiger partial charge < -0.3 is 4.74 Å². The van der Waals surface area contributed by atoms with Gasteiger partial charge in [-0.2, -0.15) is 5.26 Å².